The molecule has 3 N–H and O–H groups in total. The minimum Gasteiger partial charge on any atom is -0.335 e. The van der Waals surface area contributed by atoms with E-state index in [1.165, 1.54) is 0 Å². The van der Waals surface area contributed by atoms with E-state index in [4.69, 9.17) is 5.73 Å². The number of hydrogen-bond donors (Lipinski definition) is 2. The van der Waals surface area contributed by atoms with E-state index in [9.17, 15) is 4.79 Å². The fraction of sp³-hybridized carbons (Fsp3) is 0.765. The molecular formula is C17H31N5O. The Bertz CT molecular complexity index is 513. The maximum Gasteiger partial charge on any atom is 0.242 e. The summed E-state index contributed by atoms with van der Waals surface area (Å²) in [5, 5.41) is 2.79. The Hall–Kier alpha value is -1.40. The Labute approximate surface area is 139 Å². The zero-order valence-corrected chi connectivity index (χ0v) is 14.9. The first-order chi connectivity index (χ1) is 10.8. The summed E-state index contributed by atoms with van der Waals surface area (Å²) < 4.78 is 2.06. The number of hydrogen-bond acceptors (Lipinski definition) is 4. The Morgan fingerprint density at radius 1 is 1.48 bits per heavy atom. The van der Waals surface area contributed by atoms with Crippen molar-refractivity contribution >= 4 is 11.7 Å². The smallest absolute Gasteiger partial charge is 0.242 e. The van der Waals surface area contributed by atoms with Crippen molar-refractivity contribution in [2.75, 3.05) is 25.0 Å². The van der Waals surface area contributed by atoms with Crippen molar-refractivity contribution in [3.63, 3.8) is 0 Å². The van der Waals surface area contributed by atoms with E-state index in [2.05, 4.69) is 40.5 Å². The van der Waals surface area contributed by atoms with Crippen LogP contribution in [-0.2, 0) is 11.3 Å². The van der Waals surface area contributed by atoms with Gasteiger partial charge in [-0.3, -0.25) is 4.79 Å². The molecule has 0 spiro atoms. The van der Waals surface area contributed by atoms with Crippen molar-refractivity contribution in [2.24, 2.45) is 17.1 Å². The van der Waals surface area contributed by atoms with Crippen LogP contribution in [0.25, 0.3) is 0 Å². The first-order valence-electron chi connectivity index (χ1n) is 8.57. The lowest BCUT2D eigenvalue weighted by Crippen LogP contribution is -2.51. The minimum absolute atomic E-state index is 0.155. The molecule has 0 unspecified atom stereocenters. The second-order valence-electron chi connectivity index (χ2n) is 7.96. The summed E-state index contributed by atoms with van der Waals surface area (Å²) in [6.07, 6.45) is 5.27. The predicted molar refractivity (Wildman–Crippen MR) is 93.1 cm³/mol. The Morgan fingerprint density at radius 2 is 2.17 bits per heavy atom. The predicted octanol–water partition coefficient (Wildman–Crippen LogP) is 1.93. The summed E-state index contributed by atoms with van der Waals surface area (Å²) in [7, 11) is 0. The number of carbonyl (C=O) groups is 1. The third kappa shape index (κ3) is 5.62. The van der Waals surface area contributed by atoms with Gasteiger partial charge in [0.1, 0.15) is 0 Å². The molecule has 1 aromatic heterocycles. The average molecular weight is 321 g/mol. The van der Waals surface area contributed by atoms with Crippen molar-refractivity contribution in [3.05, 3.63) is 12.5 Å². The number of imidazole rings is 1. The van der Waals surface area contributed by atoms with Crippen molar-refractivity contribution in [1.82, 2.24) is 14.5 Å². The molecule has 23 heavy (non-hydrogen) atoms. The number of aromatic nitrogens is 2. The zero-order chi connectivity index (χ0) is 17.0. The Morgan fingerprint density at radius 3 is 2.78 bits per heavy atom. The molecule has 1 fully saturated rings. The molecule has 130 valence electrons. The van der Waals surface area contributed by atoms with E-state index >= 15 is 0 Å². The van der Waals surface area contributed by atoms with Gasteiger partial charge in [0.25, 0.3) is 0 Å². The molecule has 0 aromatic carbocycles. The van der Waals surface area contributed by atoms with Crippen LogP contribution in [0.1, 0.15) is 40.5 Å². The summed E-state index contributed by atoms with van der Waals surface area (Å²) in [4.78, 5) is 18.6. The monoisotopic (exact) mass is 321 g/mol. The number of nitrogens with zero attached hydrogens (tertiary/aromatic N) is 3. The summed E-state index contributed by atoms with van der Waals surface area (Å²) in [5.41, 5.74) is 6.16. The third-order valence-electron chi connectivity index (χ3n) is 4.02. The van der Waals surface area contributed by atoms with Crippen molar-refractivity contribution < 1.29 is 4.79 Å². The maximum absolute atomic E-state index is 11.9. The molecule has 1 aliphatic heterocycles. The van der Waals surface area contributed by atoms with Crippen LogP contribution in [0.2, 0.25) is 0 Å². The van der Waals surface area contributed by atoms with Gasteiger partial charge in [-0.05, 0) is 11.8 Å². The fourth-order valence-electron chi connectivity index (χ4n) is 3.08. The van der Waals surface area contributed by atoms with Gasteiger partial charge in [0.05, 0.1) is 12.4 Å². The van der Waals surface area contributed by atoms with Crippen LogP contribution in [0.5, 0.6) is 0 Å². The van der Waals surface area contributed by atoms with Gasteiger partial charge in [0.15, 0.2) is 5.82 Å². The van der Waals surface area contributed by atoms with Gasteiger partial charge in [-0.2, -0.15) is 0 Å². The average Bonchev–Trinajstić information content (AvgIpc) is 2.82. The molecule has 1 aromatic rings. The number of likely N-dealkylation sites (tertiary alicyclic amines) is 1. The van der Waals surface area contributed by atoms with E-state index in [-0.39, 0.29) is 5.91 Å². The van der Waals surface area contributed by atoms with Crippen LogP contribution in [0, 0.1) is 11.3 Å². The highest BCUT2D eigenvalue weighted by molar-refractivity contribution is 5.93. The van der Waals surface area contributed by atoms with E-state index in [1.807, 2.05) is 13.1 Å². The van der Waals surface area contributed by atoms with Gasteiger partial charge in [0.2, 0.25) is 5.91 Å². The fourth-order valence-corrected chi connectivity index (χ4v) is 3.08. The Balaban J connectivity index is 1.75. The number of amides is 1. The number of rotatable bonds is 7. The topological polar surface area (TPSA) is 76.2 Å². The van der Waals surface area contributed by atoms with Crippen molar-refractivity contribution in [2.45, 2.75) is 53.1 Å². The lowest BCUT2D eigenvalue weighted by atomic mass is 9.91. The summed E-state index contributed by atoms with van der Waals surface area (Å²) >= 11 is 0. The van der Waals surface area contributed by atoms with E-state index in [1.54, 1.807) is 6.33 Å². The minimum atomic E-state index is -0.456. The second kappa shape index (κ2) is 7.45. The van der Waals surface area contributed by atoms with Gasteiger partial charge in [-0.15, -0.1) is 0 Å². The van der Waals surface area contributed by atoms with Crippen LogP contribution in [0.15, 0.2) is 12.5 Å². The molecule has 0 bridgehead atoms. The van der Waals surface area contributed by atoms with Crippen LogP contribution in [-0.4, -0.2) is 46.0 Å². The van der Waals surface area contributed by atoms with Crippen molar-refractivity contribution in [1.29, 1.82) is 0 Å². The third-order valence-corrected chi connectivity index (χ3v) is 4.02. The molecule has 6 nitrogen and oxygen atoms in total. The molecule has 1 atom stereocenters. The van der Waals surface area contributed by atoms with Gasteiger partial charge in [-0.25, -0.2) is 4.98 Å². The quantitative estimate of drug-likeness (QED) is 0.804. The summed E-state index contributed by atoms with van der Waals surface area (Å²) in [6, 6.07) is -0.456. The summed E-state index contributed by atoms with van der Waals surface area (Å²) in [5.74, 6) is 1.10. The van der Waals surface area contributed by atoms with E-state index in [0.717, 1.165) is 32.6 Å². The van der Waals surface area contributed by atoms with Crippen LogP contribution >= 0.6 is 0 Å². The Kier molecular flexibility index (Phi) is 5.81. The van der Waals surface area contributed by atoms with Gasteiger partial charge in [0, 0.05) is 38.3 Å². The highest BCUT2D eigenvalue weighted by Gasteiger charge is 2.29. The highest BCUT2D eigenvalue weighted by Crippen LogP contribution is 2.24. The number of nitrogens with two attached hydrogens (primary N) is 1. The molecule has 1 saturated heterocycles. The maximum atomic E-state index is 11.9. The van der Waals surface area contributed by atoms with Crippen LogP contribution in [0.3, 0.4) is 0 Å². The molecule has 2 rings (SSSR count). The van der Waals surface area contributed by atoms with Gasteiger partial charge < -0.3 is 20.5 Å². The van der Waals surface area contributed by atoms with Crippen LogP contribution < -0.4 is 11.1 Å². The first-order valence-corrected chi connectivity index (χ1v) is 8.57. The molecule has 0 aliphatic carbocycles. The highest BCUT2D eigenvalue weighted by atomic mass is 16.2. The molecule has 2 heterocycles. The lowest BCUT2D eigenvalue weighted by molar-refractivity contribution is -0.117. The number of anilines is 1. The van der Waals surface area contributed by atoms with Gasteiger partial charge in [-0.1, -0.05) is 34.1 Å². The van der Waals surface area contributed by atoms with E-state index < -0.39 is 6.04 Å². The lowest BCUT2D eigenvalue weighted by Gasteiger charge is -2.42. The molecule has 1 amide bonds. The molecule has 6 heteroatoms. The zero-order valence-electron chi connectivity index (χ0n) is 14.9. The molecule has 1 aliphatic rings. The first kappa shape index (κ1) is 17.9. The number of carbonyl (C=O) groups excluding carboxylic acids is 1. The normalized spacial score (nSPS) is 17.8. The molecule has 0 saturated carbocycles. The number of nitrogens with one attached hydrogen (secondary N) is 1. The summed E-state index contributed by atoms with van der Waals surface area (Å²) in [6.45, 7) is 13.2. The molecular weight excluding hydrogens is 290 g/mol. The second-order valence-corrected chi connectivity index (χ2v) is 7.96. The SMILES string of the molecule is CCC[C@H](N)C(=O)Nc1cn(CC2CN(CC(C)(C)C)C2)cn1. The van der Waals surface area contributed by atoms with E-state index in [0.29, 0.717) is 23.6 Å². The van der Waals surface area contributed by atoms with Crippen LogP contribution in [0.4, 0.5) is 5.82 Å². The molecule has 0 radical (unpaired) electrons. The van der Waals surface area contributed by atoms with Crippen molar-refractivity contribution in [3.8, 4) is 0 Å². The standard InChI is InChI=1S/C17H31N5O/c1-5-6-14(18)16(23)20-15-10-22(12-19-15)9-13-7-21(8-13)11-17(2,3)4/h10,12-14H,5-9,11,18H2,1-4H3,(H,20,23)/t14-/m0/s1. The largest absolute Gasteiger partial charge is 0.335 e. The van der Waals surface area contributed by atoms with Gasteiger partial charge >= 0.3 is 0 Å².